The summed E-state index contributed by atoms with van der Waals surface area (Å²) in [7, 11) is 1.10. The number of amides is 2. The number of ether oxygens (including phenoxy) is 1. The van der Waals surface area contributed by atoms with Gasteiger partial charge in [-0.05, 0) is 6.92 Å². The fourth-order valence-electron chi connectivity index (χ4n) is 2.89. The zero-order chi connectivity index (χ0) is 20.5. The predicted octanol–water partition coefficient (Wildman–Crippen LogP) is 1.38. The Morgan fingerprint density at radius 2 is 1.96 bits per heavy atom. The Balaban J connectivity index is 1.85. The van der Waals surface area contributed by atoms with E-state index in [1.807, 2.05) is 0 Å². The van der Waals surface area contributed by atoms with Crippen molar-refractivity contribution in [3.8, 4) is 0 Å². The normalized spacial score (nSPS) is 15.0. The lowest BCUT2D eigenvalue weighted by atomic mass is 10.2. The molecule has 12 heteroatoms. The number of nitrogens with zero attached hydrogens (tertiary/aromatic N) is 5. The van der Waals surface area contributed by atoms with Gasteiger partial charge in [-0.15, -0.1) is 0 Å². The standard InChI is InChI=1S/C16H19F3N6O3/c1-3-25-13(15(27)24-4-6-28-7-5-24)11(9-20-25)21-14(26)10-8-12(16(17,18)19)23(2)22-10/h8-9H,3-7H2,1-2H3,(H,21,26). The van der Waals surface area contributed by atoms with E-state index in [0.717, 1.165) is 7.05 Å². The number of nitrogens with one attached hydrogen (secondary N) is 1. The number of carbonyl (C=O) groups excluding carboxylic acids is 2. The summed E-state index contributed by atoms with van der Waals surface area (Å²) in [6, 6.07) is 0.656. The molecule has 2 aromatic heterocycles. The number of alkyl halides is 3. The topological polar surface area (TPSA) is 94.3 Å². The van der Waals surface area contributed by atoms with Gasteiger partial charge in [-0.3, -0.25) is 19.0 Å². The summed E-state index contributed by atoms with van der Waals surface area (Å²) in [4.78, 5) is 26.9. The van der Waals surface area contributed by atoms with Crippen molar-refractivity contribution in [3.63, 3.8) is 0 Å². The molecule has 1 fully saturated rings. The molecule has 1 saturated heterocycles. The molecule has 3 rings (SSSR count). The summed E-state index contributed by atoms with van der Waals surface area (Å²) >= 11 is 0. The molecule has 0 spiro atoms. The van der Waals surface area contributed by atoms with Crippen LogP contribution in [-0.2, 0) is 24.5 Å². The minimum atomic E-state index is -4.63. The van der Waals surface area contributed by atoms with Crippen molar-refractivity contribution < 1.29 is 27.5 Å². The van der Waals surface area contributed by atoms with Gasteiger partial charge >= 0.3 is 6.18 Å². The first kappa shape index (κ1) is 19.9. The molecule has 0 aliphatic carbocycles. The van der Waals surface area contributed by atoms with E-state index in [4.69, 9.17) is 4.74 Å². The van der Waals surface area contributed by atoms with Crippen LogP contribution in [0.5, 0.6) is 0 Å². The molecule has 152 valence electrons. The Morgan fingerprint density at radius 1 is 1.29 bits per heavy atom. The fourth-order valence-corrected chi connectivity index (χ4v) is 2.89. The molecule has 28 heavy (non-hydrogen) atoms. The van der Waals surface area contributed by atoms with Crippen LogP contribution in [0.2, 0.25) is 0 Å². The molecule has 2 aromatic rings. The van der Waals surface area contributed by atoms with Gasteiger partial charge in [0.05, 0.1) is 25.1 Å². The van der Waals surface area contributed by atoms with Crippen LogP contribution in [0.15, 0.2) is 12.3 Å². The van der Waals surface area contributed by atoms with Crippen molar-refractivity contribution in [3.05, 3.63) is 29.3 Å². The van der Waals surface area contributed by atoms with E-state index in [2.05, 4.69) is 15.5 Å². The quantitative estimate of drug-likeness (QED) is 0.837. The number of aryl methyl sites for hydroxylation is 2. The second-order valence-corrected chi connectivity index (χ2v) is 6.12. The van der Waals surface area contributed by atoms with Gasteiger partial charge in [-0.25, -0.2) is 0 Å². The lowest BCUT2D eigenvalue weighted by Crippen LogP contribution is -2.41. The first-order valence-corrected chi connectivity index (χ1v) is 8.57. The number of carbonyl (C=O) groups is 2. The number of morpholine rings is 1. The molecule has 1 aliphatic rings. The molecule has 3 heterocycles. The summed E-state index contributed by atoms with van der Waals surface area (Å²) in [5, 5.41) is 10.1. The average molecular weight is 400 g/mol. The Morgan fingerprint density at radius 3 is 2.54 bits per heavy atom. The van der Waals surface area contributed by atoms with E-state index in [9.17, 15) is 22.8 Å². The van der Waals surface area contributed by atoms with Crippen molar-refractivity contribution in [1.29, 1.82) is 0 Å². The van der Waals surface area contributed by atoms with Crippen molar-refractivity contribution in [2.24, 2.45) is 7.05 Å². The maximum Gasteiger partial charge on any atom is 0.433 e. The summed E-state index contributed by atoms with van der Waals surface area (Å²) in [6.07, 6.45) is -3.34. The van der Waals surface area contributed by atoms with Crippen LogP contribution >= 0.6 is 0 Å². The van der Waals surface area contributed by atoms with Crippen LogP contribution in [0.3, 0.4) is 0 Å². The van der Waals surface area contributed by atoms with Gasteiger partial charge in [0.15, 0.2) is 5.69 Å². The molecule has 0 bridgehead atoms. The van der Waals surface area contributed by atoms with Crippen molar-refractivity contribution in [1.82, 2.24) is 24.5 Å². The molecule has 1 aliphatic heterocycles. The number of aromatic nitrogens is 4. The number of rotatable bonds is 4. The molecule has 2 amide bonds. The Bertz CT molecular complexity index is 883. The van der Waals surface area contributed by atoms with Crippen LogP contribution < -0.4 is 5.32 Å². The van der Waals surface area contributed by atoms with E-state index in [1.165, 1.54) is 10.9 Å². The van der Waals surface area contributed by atoms with E-state index < -0.39 is 23.5 Å². The molecular formula is C16H19F3N6O3. The first-order chi connectivity index (χ1) is 13.2. The van der Waals surface area contributed by atoms with E-state index in [0.29, 0.717) is 43.6 Å². The molecule has 0 aromatic carbocycles. The van der Waals surface area contributed by atoms with Gasteiger partial charge in [-0.1, -0.05) is 0 Å². The molecule has 9 nitrogen and oxygen atoms in total. The van der Waals surface area contributed by atoms with E-state index in [-0.39, 0.29) is 17.3 Å². The minimum absolute atomic E-state index is 0.113. The largest absolute Gasteiger partial charge is 0.433 e. The molecule has 0 radical (unpaired) electrons. The van der Waals surface area contributed by atoms with Crippen molar-refractivity contribution in [2.45, 2.75) is 19.6 Å². The lowest BCUT2D eigenvalue weighted by Gasteiger charge is -2.27. The maximum absolute atomic E-state index is 12.9. The first-order valence-electron chi connectivity index (χ1n) is 8.57. The summed E-state index contributed by atoms with van der Waals surface area (Å²) < 4.78 is 46.0. The zero-order valence-corrected chi connectivity index (χ0v) is 15.3. The number of hydrogen-bond acceptors (Lipinski definition) is 5. The Labute approximate surface area is 158 Å². The van der Waals surface area contributed by atoms with Gasteiger partial charge < -0.3 is 15.0 Å². The van der Waals surface area contributed by atoms with E-state index in [1.54, 1.807) is 11.8 Å². The number of halogens is 3. The van der Waals surface area contributed by atoms with Crippen LogP contribution in [-0.4, -0.2) is 62.6 Å². The lowest BCUT2D eigenvalue weighted by molar-refractivity contribution is -0.143. The monoisotopic (exact) mass is 400 g/mol. The van der Waals surface area contributed by atoms with Crippen molar-refractivity contribution in [2.75, 3.05) is 31.6 Å². The van der Waals surface area contributed by atoms with Crippen LogP contribution in [0, 0.1) is 0 Å². The van der Waals surface area contributed by atoms with Gasteiger partial charge in [0.1, 0.15) is 11.4 Å². The third-order valence-electron chi connectivity index (χ3n) is 4.29. The number of hydrogen-bond donors (Lipinski definition) is 1. The summed E-state index contributed by atoms with van der Waals surface area (Å²) in [5.74, 6) is -1.20. The number of anilines is 1. The van der Waals surface area contributed by atoms with Crippen LogP contribution in [0.25, 0.3) is 0 Å². The highest BCUT2D eigenvalue weighted by Gasteiger charge is 2.36. The highest BCUT2D eigenvalue weighted by Crippen LogP contribution is 2.29. The van der Waals surface area contributed by atoms with Gasteiger partial charge in [0.25, 0.3) is 11.8 Å². The van der Waals surface area contributed by atoms with E-state index >= 15 is 0 Å². The summed E-state index contributed by atoms with van der Waals surface area (Å²) in [5.41, 5.74) is -1.19. The Kier molecular flexibility index (Phi) is 5.40. The Hall–Kier alpha value is -2.89. The minimum Gasteiger partial charge on any atom is -0.378 e. The highest BCUT2D eigenvalue weighted by molar-refractivity contribution is 6.07. The van der Waals surface area contributed by atoms with Gasteiger partial charge in [0.2, 0.25) is 0 Å². The van der Waals surface area contributed by atoms with Gasteiger partial charge in [0, 0.05) is 32.7 Å². The highest BCUT2D eigenvalue weighted by atomic mass is 19.4. The van der Waals surface area contributed by atoms with Gasteiger partial charge in [-0.2, -0.15) is 23.4 Å². The zero-order valence-electron chi connectivity index (χ0n) is 15.3. The SMILES string of the molecule is CCn1ncc(NC(=O)c2cc(C(F)(F)F)n(C)n2)c1C(=O)N1CCOCC1. The predicted molar refractivity (Wildman–Crippen MR) is 90.8 cm³/mol. The smallest absolute Gasteiger partial charge is 0.378 e. The fraction of sp³-hybridized carbons (Fsp3) is 0.500. The maximum atomic E-state index is 12.9. The third kappa shape index (κ3) is 3.86. The molecule has 0 atom stereocenters. The molecule has 0 unspecified atom stereocenters. The second kappa shape index (κ2) is 7.62. The molecular weight excluding hydrogens is 381 g/mol. The van der Waals surface area contributed by atoms with Crippen LogP contribution in [0.1, 0.15) is 33.6 Å². The second-order valence-electron chi connectivity index (χ2n) is 6.12. The molecule has 0 saturated carbocycles. The van der Waals surface area contributed by atoms with Crippen LogP contribution in [0.4, 0.5) is 18.9 Å². The summed E-state index contributed by atoms with van der Waals surface area (Å²) in [6.45, 7) is 3.77. The average Bonchev–Trinajstić information content (AvgIpc) is 3.25. The molecule has 1 N–H and O–H groups in total. The van der Waals surface area contributed by atoms with Crippen molar-refractivity contribution >= 4 is 17.5 Å². The third-order valence-corrected chi connectivity index (χ3v) is 4.29.